The zero-order valence-corrected chi connectivity index (χ0v) is 6.34. The van der Waals surface area contributed by atoms with Gasteiger partial charge in [-0.15, -0.1) is 0 Å². The highest BCUT2D eigenvalue weighted by molar-refractivity contribution is 4.78. The predicted molar refractivity (Wildman–Crippen MR) is 38.9 cm³/mol. The lowest BCUT2D eigenvalue weighted by Crippen LogP contribution is -2.36. The first-order valence-electron chi connectivity index (χ1n) is 3.80. The lowest BCUT2D eigenvalue weighted by Gasteiger charge is -2.14. The third-order valence-electron chi connectivity index (χ3n) is 1.89. The summed E-state index contributed by atoms with van der Waals surface area (Å²) in [5.41, 5.74) is 0. The number of hydrogen-bond donors (Lipinski definition) is 2. The summed E-state index contributed by atoms with van der Waals surface area (Å²) >= 11 is 0. The molecule has 0 bridgehead atoms. The molecule has 0 aliphatic carbocycles. The zero-order chi connectivity index (χ0) is 7.40. The molecule has 1 rings (SSSR count). The van der Waals surface area contributed by atoms with Crippen molar-refractivity contribution in [1.82, 2.24) is 5.32 Å². The van der Waals surface area contributed by atoms with Gasteiger partial charge in [0.15, 0.2) is 0 Å². The average Bonchev–Trinajstić information content (AvgIpc) is 2.31. The van der Waals surface area contributed by atoms with Crippen LogP contribution in [0.1, 0.15) is 13.3 Å². The van der Waals surface area contributed by atoms with Gasteiger partial charge in [0.05, 0.1) is 12.7 Å². The van der Waals surface area contributed by atoms with E-state index in [0.717, 1.165) is 13.0 Å². The Labute approximate surface area is 61.4 Å². The standard InChI is InChI=1S/C7H15NO2/c1-6-7(2-5-10-6)8-3-4-9/h6-9H,2-5H2,1H3/t6-,7+/m1/s1. The van der Waals surface area contributed by atoms with Crippen molar-refractivity contribution >= 4 is 0 Å². The molecular weight excluding hydrogens is 130 g/mol. The Morgan fingerprint density at radius 3 is 3.00 bits per heavy atom. The van der Waals surface area contributed by atoms with E-state index in [1.165, 1.54) is 0 Å². The van der Waals surface area contributed by atoms with E-state index in [2.05, 4.69) is 12.2 Å². The molecule has 3 heteroatoms. The van der Waals surface area contributed by atoms with Crippen LogP contribution in [0, 0.1) is 0 Å². The normalized spacial score (nSPS) is 33.0. The van der Waals surface area contributed by atoms with Crippen LogP contribution in [0.4, 0.5) is 0 Å². The van der Waals surface area contributed by atoms with E-state index in [9.17, 15) is 0 Å². The highest BCUT2D eigenvalue weighted by atomic mass is 16.5. The van der Waals surface area contributed by atoms with Crippen LogP contribution < -0.4 is 5.32 Å². The number of rotatable bonds is 3. The van der Waals surface area contributed by atoms with Gasteiger partial charge in [-0.25, -0.2) is 0 Å². The molecule has 1 aliphatic heterocycles. The van der Waals surface area contributed by atoms with E-state index in [1.54, 1.807) is 0 Å². The molecule has 0 aromatic rings. The first-order valence-corrected chi connectivity index (χ1v) is 3.80. The summed E-state index contributed by atoms with van der Waals surface area (Å²) in [4.78, 5) is 0. The van der Waals surface area contributed by atoms with Crippen LogP contribution in [0.2, 0.25) is 0 Å². The van der Waals surface area contributed by atoms with Gasteiger partial charge in [-0.3, -0.25) is 0 Å². The molecule has 1 saturated heterocycles. The van der Waals surface area contributed by atoms with Gasteiger partial charge in [-0.05, 0) is 13.3 Å². The molecule has 0 aromatic carbocycles. The van der Waals surface area contributed by atoms with E-state index in [4.69, 9.17) is 9.84 Å². The summed E-state index contributed by atoms with van der Waals surface area (Å²) in [6.45, 7) is 3.80. The largest absolute Gasteiger partial charge is 0.395 e. The van der Waals surface area contributed by atoms with E-state index < -0.39 is 0 Å². The molecular formula is C7H15NO2. The van der Waals surface area contributed by atoms with Gasteiger partial charge >= 0.3 is 0 Å². The first kappa shape index (κ1) is 7.98. The summed E-state index contributed by atoms with van der Waals surface area (Å²) < 4.78 is 5.32. The van der Waals surface area contributed by atoms with Crippen LogP contribution in [0.25, 0.3) is 0 Å². The van der Waals surface area contributed by atoms with Gasteiger partial charge < -0.3 is 15.2 Å². The second-order valence-electron chi connectivity index (χ2n) is 2.65. The van der Waals surface area contributed by atoms with Crippen molar-refractivity contribution < 1.29 is 9.84 Å². The molecule has 0 saturated carbocycles. The highest BCUT2D eigenvalue weighted by Gasteiger charge is 2.22. The van der Waals surface area contributed by atoms with Crippen LogP contribution >= 0.6 is 0 Å². The van der Waals surface area contributed by atoms with Crippen molar-refractivity contribution in [1.29, 1.82) is 0 Å². The molecule has 2 atom stereocenters. The molecule has 2 N–H and O–H groups in total. The Kier molecular flexibility index (Phi) is 3.12. The third kappa shape index (κ3) is 1.94. The van der Waals surface area contributed by atoms with Crippen molar-refractivity contribution in [2.75, 3.05) is 19.8 Å². The van der Waals surface area contributed by atoms with Crippen LogP contribution in [0.5, 0.6) is 0 Å². The van der Waals surface area contributed by atoms with Crippen LogP contribution in [0.3, 0.4) is 0 Å². The number of hydrogen-bond acceptors (Lipinski definition) is 3. The zero-order valence-electron chi connectivity index (χ0n) is 6.34. The number of aliphatic hydroxyl groups excluding tert-OH is 1. The SMILES string of the molecule is C[C@H]1OCC[C@@H]1NCCO. The Balaban J connectivity index is 2.14. The molecule has 0 amide bonds. The maximum absolute atomic E-state index is 8.51. The minimum atomic E-state index is 0.212. The highest BCUT2D eigenvalue weighted by Crippen LogP contribution is 2.11. The minimum Gasteiger partial charge on any atom is -0.395 e. The molecule has 60 valence electrons. The van der Waals surface area contributed by atoms with Crippen LogP contribution in [0.15, 0.2) is 0 Å². The number of nitrogens with one attached hydrogen (secondary N) is 1. The van der Waals surface area contributed by atoms with E-state index in [0.29, 0.717) is 18.7 Å². The molecule has 1 fully saturated rings. The molecule has 1 heterocycles. The Morgan fingerprint density at radius 2 is 2.50 bits per heavy atom. The predicted octanol–water partition coefficient (Wildman–Crippen LogP) is -0.254. The fourth-order valence-corrected chi connectivity index (χ4v) is 1.25. The van der Waals surface area contributed by atoms with Gasteiger partial charge in [-0.1, -0.05) is 0 Å². The summed E-state index contributed by atoms with van der Waals surface area (Å²) in [6, 6.07) is 0.451. The molecule has 0 spiro atoms. The van der Waals surface area contributed by atoms with Gasteiger partial charge in [0.25, 0.3) is 0 Å². The van der Waals surface area contributed by atoms with Crippen molar-refractivity contribution in [3.8, 4) is 0 Å². The second-order valence-corrected chi connectivity index (χ2v) is 2.65. The molecule has 3 nitrogen and oxygen atoms in total. The number of aliphatic hydroxyl groups is 1. The lowest BCUT2D eigenvalue weighted by atomic mass is 10.1. The first-order chi connectivity index (χ1) is 4.84. The quantitative estimate of drug-likeness (QED) is 0.575. The van der Waals surface area contributed by atoms with Crippen molar-refractivity contribution in [3.05, 3.63) is 0 Å². The van der Waals surface area contributed by atoms with Crippen molar-refractivity contribution in [2.45, 2.75) is 25.5 Å². The Bertz CT molecular complexity index is 97.6. The number of ether oxygens (including phenoxy) is 1. The molecule has 0 unspecified atom stereocenters. The fourth-order valence-electron chi connectivity index (χ4n) is 1.25. The maximum Gasteiger partial charge on any atom is 0.0700 e. The van der Waals surface area contributed by atoms with Crippen LogP contribution in [-0.2, 0) is 4.74 Å². The van der Waals surface area contributed by atoms with Gasteiger partial charge in [0.2, 0.25) is 0 Å². The van der Waals surface area contributed by atoms with Gasteiger partial charge in [0, 0.05) is 19.2 Å². The third-order valence-corrected chi connectivity index (χ3v) is 1.89. The van der Waals surface area contributed by atoms with Crippen molar-refractivity contribution in [3.63, 3.8) is 0 Å². The Hall–Kier alpha value is -0.120. The van der Waals surface area contributed by atoms with Gasteiger partial charge in [-0.2, -0.15) is 0 Å². The molecule has 1 aliphatic rings. The fraction of sp³-hybridized carbons (Fsp3) is 1.00. The van der Waals surface area contributed by atoms with E-state index in [-0.39, 0.29) is 6.61 Å². The Morgan fingerprint density at radius 1 is 1.70 bits per heavy atom. The summed E-state index contributed by atoms with van der Waals surface area (Å²) in [7, 11) is 0. The molecule has 0 radical (unpaired) electrons. The molecule has 10 heavy (non-hydrogen) atoms. The van der Waals surface area contributed by atoms with E-state index >= 15 is 0 Å². The minimum absolute atomic E-state index is 0.212. The lowest BCUT2D eigenvalue weighted by molar-refractivity contribution is 0.112. The van der Waals surface area contributed by atoms with Gasteiger partial charge in [0.1, 0.15) is 0 Å². The van der Waals surface area contributed by atoms with Crippen LogP contribution in [-0.4, -0.2) is 37.0 Å². The monoisotopic (exact) mass is 145 g/mol. The van der Waals surface area contributed by atoms with E-state index in [1.807, 2.05) is 0 Å². The summed E-state index contributed by atoms with van der Waals surface area (Å²) in [5.74, 6) is 0. The smallest absolute Gasteiger partial charge is 0.0700 e. The average molecular weight is 145 g/mol. The summed E-state index contributed by atoms with van der Waals surface area (Å²) in [5, 5.41) is 11.7. The summed E-state index contributed by atoms with van der Waals surface area (Å²) in [6.07, 6.45) is 1.38. The van der Waals surface area contributed by atoms with Crippen molar-refractivity contribution in [2.24, 2.45) is 0 Å². The maximum atomic E-state index is 8.51. The second kappa shape index (κ2) is 3.91. The topological polar surface area (TPSA) is 41.5 Å². The molecule has 0 aromatic heterocycles.